The predicted molar refractivity (Wildman–Crippen MR) is 198 cm³/mol. The van der Waals surface area contributed by atoms with E-state index in [9.17, 15) is 14.7 Å². The second-order valence-corrected chi connectivity index (χ2v) is 18.2. The number of aliphatic hydroxyl groups is 1. The largest absolute Gasteiger partial charge is 0.395 e. The first kappa shape index (κ1) is 34.8. The van der Waals surface area contributed by atoms with Crippen LogP contribution in [0.5, 0.6) is 0 Å². The summed E-state index contributed by atoms with van der Waals surface area (Å²) in [5, 5.41) is 9.87. The third-order valence-corrected chi connectivity index (χ3v) is 13.2. The number of ether oxygens (including phenoxy) is 1. The minimum absolute atomic E-state index is 0.0467. The van der Waals surface area contributed by atoms with Gasteiger partial charge >= 0.3 is 0 Å². The summed E-state index contributed by atoms with van der Waals surface area (Å²) in [5.41, 5.74) is 3.26. The van der Waals surface area contributed by atoms with Crippen LogP contribution in [-0.2, 0) is 44.2 Å². The first-order valence-corrected chi connectivity index (χ1v) is 20.7. The molecule has 3 aliphatic heterocycles. The molecule has 0 saturated carbocycles. The molecule has 0 bridgehead atoms. The Labute approximate surface area is 299 Å². The van der Waals surface area contributed by atoms with Gasteiger partial charge in [0.15, 0.2) is 5.60 Å². The van der Waals surface area contributed by atoms with E-state index in [1.807, 2.05) is 110 Å². The number of fused-ring (bicyclic) bond motifs is 3. The Hall–Kier alpha value is -4.64. The maximum Gasteiger partial charge on any atom is 0.264 e. The number of halogens is 1. The maximum atomic E-state index is 16.6. The number of carbonyl (C=O) groups is 3. The van der Waals surface area contributed by atoms with Gasteiger partial charge in [-0.25, -0.2) is 0 Å². The second-order valence-electron chi connectivity index (χ2n) is 14.4. The van der Waals surface area contributed by atoms with Gasteiger partial charge in [0.1, 0.15) is 0 Å². The summed E-state index contributed by atoms with van der Waals surface area (Å²) in [6.07, 6.45) is -0.0182. The summed E-state index contributed by atoms with van der Waals surface area (Å²) in [7, 11) is -3.57. The molecule has 1 saturated heterocycles. The fourth-order valence-electron chi connectivity index (χ4n) is 8.53. The van der Waals surface area contributed by atoms with E-state index in [0.29, 0.717) is 29.8 Å². The number of para-hydroxylation sites is 1. The number of rotatable bonds is 10. The van der Waals surface area contributed by atoms with Gasteiger partial charge in [-0.2, -0.15) is 0 Å². The highest BCUT2D eigenvalue weighted by molar-refractivity contribution is 6.72. The lowest BCUT2D eigenvalue weighted by Gasteiger charge is -2.32. The van der Waals surface area contributed by atoms with E-state index < -0.39 is 31.6 Å². The Morgan fingerprint density at radius 3 is 2.27 bits per heavy atom. The standard InChI is InChI=1S/C41H44FN3O5Si/c1-28-39(51(2,3)42)36(25-38(48)43(22-23-46)26-29-12-6-4-7-13-29)50-41(28)33-24-32(45-34-17-11-10-16-31(34)18-21-37(45)47)19-20-35(33)44(40(41)49)27-30-14-8-5-9-15-30/h4-17,19-20,24,28,36,39,46H,18,21-23,25-27H2,1-3H3/t28-,36+,39-,41+/m0/s1. The van der Waals surface area contributed by atoms with Crippen LogP contribution in [0.15, 0.2) is 103 Å². The van der Waals surface area contributed by atoms with Crippen molar-refractivity contribution in [2.75, 3.05) is 23.0 Å². The SMILES string of the molecule is C[C@H]1[C@H]([Si](C)(C)F)[C@@H](CC(=O)N(CCO)Cc2ccccc2)O[C@]12C(=O)N(Cc1ccccc1)c1ccc(N3C(=O)CCc4ccccc43)cc12. The molecule has 51 heavy (non-hydrogen) atoms. The van der Waals surface area contributed by atoms with Crippen LogP contribution in [0.1, 0.15) is 42.0 Å². The smallest absolute Gasteiger partial charge is 0.264 e. The van der Waals surface area contributed by atoms with E-state index >= 15 is 8.90 Å². The lowest BCUT2D eigenvalue weighted by Crippen LogP contribution is -2.45. The van der Waals surface area contributed by atoms with Crippen LogP contribution in [0.4, 0.5) is 21.2 Å². The Bertz CT molecular complexity index is 1940. The highest BCUT2D eigenvalue weighted by Gasteiger charge is 2.67. The molecule has 4 atom stereocenters. The van der Waals surface area contributed by atoms with Crippen molar-refractivity contribution in [1.82, 2.24) is 4.90 Å². The van der Waals surface area contributed by atoms with Gasteiger partial charge in [0.25, 0.3) is 5.91 Å². The minimum atomic E-state index is -3.57. The molecule has 0 radical (unpaired) electrons. The summed E-state index contributed by atoms with van der Waals surface area (Å²) < 4.78 is 23.6. The molecule has 4 aromatic carbocycles. The van der Waals surface area contributed by atoms with Gasteiger partial charge in [0.2, 0.25) is 20.2 Å². The molecule has 1 fully saturated rings. The van der Waals surface area contributed by atoms with E-state index in [2.05, 4.69) is 0 Å². The molecule has 10 heteroatoms. The van der Waals surface area contributed by atoms with Crippen molar-refractivity contribution in [3.8, 4) is 0 Å². The third-order valence-electron chi connectivity index (χ3n) is 10.8. The van der Waals surface area contributed by atoms with Crippen LogP contribution in [-0.4, -0.2) is 55.4 Å². The number of amides is 3. The van der Waals surface area contributed by atoms with Gasteiger partial charge in [0.05, 0.1) is 37.1 Å². The first-order chi connectivity index (χ1) is 24.5. The minimum Gasteiger partial charge on any atom is -0.395 e. The van der Waals surface area contributed by atoms with Crippen molar-refractivity contribution < 1.29 is 28.3 Å². The molecule has 7 rings (SSSR count). The molecule has 3 heterocycles. The van der Waals surface area contributed by atoms with Crippen molar-refractivity contribution in [2.24, 2.45) is 5.92 Å². The molecule has 8 nitrogen and oxygen atoms in total. The zero-order valence-corrected chi connectivity index (χ0v) is 30.3. The van der Waals surface area contributed by atoms with Crippen LogP contribution in [0.25, 0.3) is 0 Å². The topological polar surface area (TPSA) is 90.4 Å². The van der Waals surface area contributed by atoms with Crippen molar-refractivity contribution in [1.29, 1.82) is 0 Å². The Morgan fingerprint density at radius 1 is 0.922 bits per heavy atom. The Morgan fingerprint density at radius 2 is 1.59 bits per heavy atom. The molecule has 3 aliphatic rings. The van der Waals surface area contributed by atoms with Crippen molar-refractivity contribution >= 4 is 43.2 Å². The number of carbonyl (C=O) groups excluding carboxylic acids is 3. The highest BCUT2D eigenvalue weighted by Crippen LogP contribution is 2.61. The number of nitrogens with zero attached hydrogens (tertiary/aromatic N) is 3. The summed E-state index contributed by atoms with van der Waals surface area (Å²) in [4.78, 5) is 47.5. The van der Waals surface area contributed by atoms with Crippen LogP contribution >= 0.6 is 0 Å². The van der Waals surface area contributed by atoms with Gasteiger partial charge in [0, 0.05) is 42.2 Å². The average molecular weight is 706 g/mol. The zero-order chi connectivity index (χ0) is 35.9. The van der Waals surface area contributed by atoms with Crippen molar-refractivity contribution in [2.45, 2.75) is 69.6 Å². The zero-order valence-electron chi connectivity index (χ0n) is 29.3. The van der Waals surface area contributed by atoms with E-state index in [4.69, 9.17) is 4.74 Å². The lowest BCUT2D eigenvalue weighted by molar-refractivity contribution is -0.150. The fraction of sp³-hybridized carbons (Fsp3) is 0.341. The van der Waals surface area contributed by atoms with Crippen molar-refractivity contribution in [3.05, 3.63) is 125 Å². The first-order valence-electron chi connectivity index (χ1n) is 17.7. The number of hydrogen-bond acceptors (Lipinski definition) is 5. The molecular weight excluding hydrogens is 662 g/mol. The lowest BCUT2D eigenvalue weighted by atomic mass is 9.82. The summed E-state index contributed by atoms with van der Waals surface area (Å²) in [6, 6.07) is 32.6. The van der Waals surface area contributed by atoms with Gasteiger partial charge in [-0.1, -0.05) is 85.8 Å². The molecule has 1 N–H and O–H groups in total. The number of aliphatic hydroxyl groups excluding tert-OH is 1. The molecule has 0 unspecified atom stereocenters. The van der Waals surface area contributed by atoms with Gasteiger partial charge in [-0.3, -0.25) is 19.3 Å². The average Bonchev–Trinajstić information content (AvgIpc) is 3.54. The van der Waals surface area contributed by atoms with E-state index in [1.54, 1.807) is 27.8 Å². The summed E-state index contributed by atoms with van der Waals surface area (Å²) >= 11 is 0. The molecule has 0 aliphatic carbocycles. The molecule has 264 valence electrons. The Balaban J connectivity index is 1.31. The van der Waals surface area contributed by atoms with Crippen molar-refractivity contribution in [3.63, 3.8) is 0 Å². The normalized spacial score (nSPS) is 22.7. The molecule has 1 spiro atoms. The maximum absolute atomic E-state index is 16.6. The van der Waals surface area contributed by atoms with Crippen LogP contribution in [0.3, 0.4) is 0 Å². The number of benzene rings is 4. The fourth-order valence-corrected chi connectivity index (χ4v) is 11.0. The second kappa shape index (κ2) is 13.8. The van der Waals surface area contributed by atoms with Gasteiger partial charge in [-0.15, -0.1) is 0 Å². The molecule has 0 aromatic heterocycles. The molecular formula is C41H44FN3O5Si. The summed E-state index contributed by atoms with van der Waals surface area (Å²) in [5.74, 6) is -1.24. The van der Waals surface area contributed by atoms with Gasteiger partial charge in [-0.05, 0) is 60.5 Å². The molecule has 4 aromatic rings. The predicted octanol–water partition coefficient (Wildman–Crippen LogP) is 7.03. The molecule has 3 amide bonds. The number of hydrogen-bond donors (Lipinski definition) is 1. The van der Waals surface area contributed by atoms with Gasteiger partial charge < -0.3 is 23.8 Å². The van der Waals surface area contributed by atoms with Crippen LogP contribution in [0.2, 0.25) is 18.6 Å². The summed E-state index contributed by atoms with van der Waals surface area (Å²) in [6.45, 7) is 5.57. The Kier molecular flexibility index (Phi) is 9.43. The highest BCUT2D eigenvalue weighted by atomic mass is 28.4. The van der Waals surface area contributed by atoms with Crippen LogP contribution < -0.4 is 9.80 Å². The monoisotopic (exact) mass is 705 g/mol. The van der Waals surface area contributed by atoms with E-state index in [1.165, 1.54) is 0 Å². The third kappa shape index (κ3) is 6.30. The number of anilines is 3. The quantitative estimate of drug-likeness (QED) is 0.141. The van der Waals surface area contributed by atoms with Crippen LogP contribution in [0, 0.1) is 5.92 Å². The number of aryl methyl sites for hydroxylation is 1. The van der Waals surface area contributed by atoms with E-state index in [0.717, 1.165) is 22.4 Å². The van der Waals surface area contributed by atoms with E-state index in [-0.39, 0.29) is 50.4 Å².